The third-order valence-electron chi connectivity index (χ3n) is 4.33. The van der Waals surface area contributed by atoms with E-state index in [2.05, 4.69) is 16.8 Å². The maximum absolute atomic E-state index is 12.5. The van der Waals surface area contributed by atoms with Crippen molar-refractivity contribution in [3.8, 4) is 6.07 Å². The van der Waals surface area contributed by atoms with Crippen LogP contribution in [0, 0.1) is 11.3 Å². The van der Waals surface area contributed by atoms with Gasteiger partial charge in [0.15, 0.2) is 6.54 Å². The fraction of sp³-hybridized carbons (Fsp3) is 0.368. The number of ether oxygens (including phenoxy) is 1. The topological polar surface area (TPSA) is 66.6 Å². The zero-order valence-corrected chi connectivity index (χ0v) is 15.9. The number of nitriles is 1. The summed E-state index contributed by atoms with van der Waals surface area (Å²) in [7, 11) is 0. The summed E-state index contributed by atoms with van der Waals surface area (Å²) < 4.78 is 5.75. The molecule has 1 aromatic heterocycles. The molecule has 26 heavy (non-hydrogen) atoms. The molecule has 5 nitrogen and oxygen atoms in total. The Hall–Kier alpha value is -1.91. The average Bonchev–Trinajstić information content (AvgIpc) is 3.29. The molecule has 7 heteroatoms. The lowest BCUT2D eigenvalue weighted by Crippen LogP contribution is -3.12. The molecule has 1 aliphatic rings. The van der Waals surface area contributed by atoms with Gasteiger partial charge in [0.05, 0.1) is 15.5 Å². The predicted octanol–water partition coefficient (Wildman–Crippen LogP) is 2.48. The van der Waals surface area contributed by atoms with Gasteiger partial charge in [-0.1, -0.05) is 17.7 Å². The van der Waals surface area contributed by atoms with E-state index in [9.17, 15) is 4.79 Å². The molecule has 0 spiro atoms. The second-order valence-electron chi connectivity index (χ2n) is 6.38. The van der Waals surface area contributed by atoms with E-state index in [1.165, 1.54) is 9.78 Å². The van der Waals surface area contributed by atoms with Crippen LogP contribution in [0.1, 0.15) is 23.3 Å². The number of anilines is 1. The van der Waals surface area contributed by atoms with E-state index in [1.54, 1.807) is 29.5 Å². The molecule has 1 fully saturated rings. The smallest absolute Gasteiger partial charge is 0.279 e. The number of nitrogens with one attached hydrogen (secondary N) is 2. The summed E-state index contributed by atoms with van der Waals surface area (Å²) in [6.07, 6.45) is 2.37. The van der Waals surface area contributed by atoms with Gasteiger partial charge < -0.3 is 15.0 Å². The summed E-state index contributed by atoms with van der Waals surface area (Å²) >= 11 is 7.74. The van der Waals surface area contributed by atoms with Crippen molar-refractivity contribution in [3.05, 3.63) is 51.2 Å². The van der Waals surface area contributed by atoms with Gasteiger partial charge in [0.1, 0.15) is 25.3 Å². The highest BCUT2D eigenvalue weighted by Crippen LogP contribution is 2.20. The van der Waals surface area contributed by atoms with Crippen molar-refractivity contribution in [1.29, 1.82) is 5.26 Å². The molecule has 1 saturated heterocycles. The number of nitrogens with zero attached hydrogens (tertiary/aromatic N) is 1. The quantitative estimate of drug-likeness (QED) is 0.763. The molecule has 2 aromatic rings. The third kappa shape index (κ3) is 5.29. The Morgan fingerprint density at radius 3 is 3.00 bits per heavy atom. The Bertz CT molecular complexity index is 783. The molecule has 0 bridgehead atoms. The van der Waals surface area contributed by atoms with Crippen LogP contribution < -0.4 is 10.2 Å². The van der Waals surface area contributed by atoms with Gasteiger partial charge in [0.25, 0.3) is 5.91 Å². The van der Waals surface area contributed by atoms with Gasteiger partial charge in [-0.2, -0.15) is 5.26 Å². The van der Waals surface area contributed by atoms with Gasteiger partial charge in [0, 0.05) is 12.3 Å². The number of hydrogen-bond acceptors (Lipinski definition) is 4. The van der Waals surface area contributed by atoms with Gasteiger partial charge in [-0.3, -0.25) is 4.79 Å². The molecular weight excluding hydrogens is 370 g/mol. The summed E-state index contributed by atoms with van der Waals surface area (Å²) in [6.45, 7) is 2.79. The number of quaternary nitrogens is 1. The Balaban J connectivity index is 1.62. The lowest BCUT2D eigenvalue weighted by atomic mass is 10.2. The zero-order valence-electron chi connectivity index (χ0n) is 14.3. The normalized spacial score (nSPS) is 17.6. The molecule has 1 amide bonds. The van der Waals surface area contributed by atoms with Crippen molar-refractivity contribution in [2.45, 2.75) is 25.5 Å². The number of thiophene rings is 1. The second-order valence-corrected chi connectivity index (χ2v) is 7.82. The van der Waals surface area contributed by atoms with E-state index >= 15 is 0 Å². The summed E-state index contributed by atoms with van der Waals surface area (Å²) in [6, 6.07) is 11.1. The summed E-state index contributed by atoms with van der Waals surface area (Å²) in [5.41, 5.74) is 1.000. The largest absolute Gasteiger partial charge is 0.372 e. The fourth-order valence-electron chi connectivity index (χ4n) is 3.11. The number of rotatable bonds is 7. The summed E-state index contributed by atoms with van der Waals surface area (Å²) in [5, 5.41) is 14.2. The van der Waals surface area contributed by atoms with Gasteiger partial charge in [-0.25, -0.2) is 0 Å². The number of halogens is 1. The fourth-order valence-corrected chi connectivity index (χ4v) is 4.11. The van der Waals surface area contributed by atoms with E-state index in [-0.39, 0.29) is 12.0 Å². The molecule has 0 saturated carbocycles. The first-order chi connectivity index (χ1) is 12.6. The highest BCUT2D eigenvalue weighted by molar-refractivity contribution is 7.09. The SMILES string of the molecule is N#Cc1ccc(NC(=O)C[NH+](Cc2cccs2)C[C@@H]2CCCO2)cc1Cl. The Labute approximate surface area is 162 Å². The Kier molecular flexibility index (Phi) is 6.64. The van der Waals surface area contributed by atoms with Crippen molar-refractivity contribution in [2.75, 3.05) is 25.0 Å². The minimum Gasteiger partial charge on any atom is -0.372 e. The third-order valence-corrected chi connectivity index (χ3v) is 5.52. The van der Waals surface area contributed by atoms with Crippen molar-refractivity contribution in [2.24, 2.45) is 0 Å². The van der Waals surface area contributed by atoms with Crippen LogP contribution in [0.3, 0.4) is 0 Å². The zero-order chi connectivity index (χ0) is 18.4. The molecule has 3 rings (SSSR count). The first-order valence-corrected chi connectivity index (χ1v) is 9.87. The molecule has 0 aliphatic carbocycles. The van der Waals surface area contributed by atoms with Gasteiger partial charge in [-0.05, 0) is 42.5 Å². The summed E-state index contributed by atoms with van der Waals surface area (Å²) in [5.74, 6) is -0.0738. The van der Waals surface area contributed by atoms with Crippen LogP contribution in [0.5, 0.6) is 0 Å². The van der Waals surface area contributed by atoms with E-state index < -0.39 is 0 Å². The Morgan fingerprint density at radius 2 is 2.35 bits per heavy atom. The maximum Gasteiger partial charge on any atom is 0.279 e. The van der Waals surface area contributed by atoms with Gasteiger partial charge in [-0.15, -0.1) is 11.3 Å². The van der Waals surface area contributed by atoms with Crippen molar-refractivity contribution in [3.63, 3.8) is 0 Å². The van der Waals surface area contributed by atoms with Crippen LogP contribution in [-0.4, -0.2) is 31.7 Å². The van der Waals surface area contributed by atoms with Crippen LogP contribution in [0.4, 0.5) is 5.69 Å². The van der Waals surface area contributed by atoms with Crippen LogP contribution in [0.2, 0.25) is 5.02 Å². The standard InChI is InChI=1S/C19H20ClN3O2S/c20-18-9-15(6-5-14(18)10-21)22-19(24)13-23(11-16-3-1-7-25-16)12-17-4-2-8-26-17/h2,4-6,8-9,16H,1,3,7,11-13H2,(H,22,24)/p+1/t16-/m0/s1. The molecule has 1 aliphatic heterocycles. The first-order valence-electron chi connectivity index (χ1n) is 8.61. The van der Waals surface area contributed by atoms with Gasteiger partial charge >= 0.3 is 0 Å². The summed E-state index contributed by atoms with van der Waals surface area (Å²) in [4.78, 5) is 14.9. The number of carbonyl (C=O) groups excluding carboxylic acids is 1. The lowest BCUT2D eigenvalue weighted by molar-refractivity contribution is -0.908. The maximum atomic E-state index is 12.5. The van der Waals surface area contributed by atoms with Crippen molar-refractivity contribution in [1.82, 2.24) is 0 Å². The number of amides is 1. The monoisotopic (exact) mass is 390 g/mol. The molecule has 136 valence electrons. The van der Waals surface area contributed by atoms with E-state index in [0.29, 0.717) is 22.8 Å². The highest BCUT2D eigenvalue weighted by Gasteiger charge is 2.24. The molecule has 2 N–H and O–H groups in total. The van der Waals surface area contributed by atoms with Crippen LogP contribution in [0.25, 0.3) is 0 Å². The second kappa shape index (κ2) is 9.15. The predicted molar refractivity (Wildman–Crippen MR) is 102 cm³/mol. The van der Waals surface area contributed by atoms with Crippen molar-refractivity contribution >= 4 is 34.5 Å². The molecular formula is C19H21ClN3O2S+. The Morgan fingerprint density at radius 1 is 1.46 bits per heavy atom. The minimum atomic E-state index is -0.0738. The van der Waals surface area contributed by atoms with E-state index in [0.717, 1.165) is 32.5 Å². The average molecular weight is 391 g/mol. The van der Waals surface area contributed by atoms with E-state index in [4.69, 9.17) is 21.6 Å². The number of carbonyl (C=O) groups is 1. The minimum absolute atomic E-state index is 0.0738. The molecule has 0 radical (unpaired) electrons. The molecule has 1 aromatic carbocycles. The van der Waals surface area contributed by atoms with Gasteiger partial charge in [0.2, 0.25) is 0 Å². The number of hydrogen-bond donors (Lipinski definition) is 2. The van der Waals surface area contributed by atoms with Crippen LogP contribution in [0.15, 0.2) is 35.7 Å². The lowest BCUT2D eigenvalue weighted by Gasteiger charge is -2.21. The molecule has 2 atom stereocenters. The highest BCUT2D eigenvalue weighted by atomic mass is 35.5. The van der Waals surface area contributed by atoms with Crippen molar-refractivity contribution < 1.29 is 14.4 Å². The first kappa shape index (κ1) is 18.9. The van der Waals surface area contributed by atoms with Crippen LogP contribution >= 0.6 is 22.9 Å². The van der Waals surface area contributed by atoms with E-state index in [1.807, 2.05) is 12.1 Å². The van der Waals surface area contributed by atoms with Crippen LogP contribution in [-0.2, 0) is 16.1 Å². The number of benzene rings is 1. The molecule has 1 unspecified atom stereocenters. The molecule has 2 heterocycles.